The molecular formula is C16H15BrO2. The number of rotatable bonds is 2. The standard InChI is InChI=1S/C16H15BrO2/c1-10-6-11(4-5-15(10)17)16(18)12-2-3-13-8-19-9-14(13)7-12/h2-7,16,18H,8-9H2,1H3. The third kappa shape index (κ3) is 2.46. The lowest BCUT2D eigenvalue weighted by molar-refractivity contribution is 0.134. The molecule has 3 rings (SSSR count). The second-order valence-electron chi connectivity index (χ2n) is 4.93. The topological polar surface area (TPSA) is 29.5 Å². The van der Waals surface area contributed by atoms with Crippen LogP contribution in [-0.4, -0.2) is 5.11 Å². The van der Waals surface area contributed by atoms with E-state index in [1.165, 1.54) is 11.1 Å². The van der Waals surface area contributed by atoms with Gasteiger partial charge >= 0.3 is 0 Å². The maximum absolute atomic E-state index is 10.5. The lowest BCUT2D eigenvalue weighted by Crippen LogP contribution is -2.01. The van der Waals surface area contributed by atoms with Crippen molar-refractivity contribution in [3.05, 3.63) is 68.7 Å². The molecular weight excluding hydrogens is 304 g/mol. The molecule has 1 heterocycles. The maximum atomic E-state index is 10.5. The first-order valence-corrected chi connectivity index (χ1v) is 7.08. The Balaban J connectivity index is 1.94. The Kier molecular flexibility index (Phi) is 3.44. The molecule has 0 bridgehead atoms. The minimum atomic E-state index is -0.585. The molecule has 98 valence electrons. The van der Waals surface area contributed by atoms with Crippen LogP contribution in [0, 0.1) is 6.92 Å². The van der Waals surface area contributed by atoms with Crippen LogP contribution in [-0.2, 0) is 18.0 Å². The summed E-state index contributed by atoms with van der Waals surface area (Å²) in [5, 5.41) is 10.5. The first-order chi connectivity index (χ1) is 9.15. The summed E-state index contributed by atoms with van der Waals surface area (Å²) in [6.45, 7) is 3.36. The molecule has 0 amide bonds. The van der Waals surface area contributed by atoms with Crippen molar-refractivity contribution in [3.8, 4) is 0 Å². The van der Waals surface area contributed by atoms with Gasteiger partial charge in [0.1, 0.15) is 6.10 Å². The molecule has 2 nitrogen and oxygen atoms in total. The fourth-order valence-corrected chi connectivity index (χ4v) is 2.64. The van der Waals surface area contributed by atoms with E-state index in [0.717, 1.165) is 21.2 Å². The van der Waals surface area contributed by atoms with Gasteiger partial charge in [-0.2, -0.15) is 0 Å². The van der Waals surface area contributed by atoms with E-state index in [2.05, 4.69) is 15.9 Å². The summed E-state index contributed by atoms with van der Waals surface area (Å²) >= 11 is 3.48. The van der Waals surface area contributed by atoms with Crippen molar-refractivity contribution in [2.45, 2.75) is 26.2 Å². The highest BCUT2D eigenvalue weighted by Gasteiger charge is 2.16. The Morgan fingerprint density at radius 2 is 1.74 bits per heavy atom. The van der Waals surface area contributed by atoms with Crippen LogP contribution in [0.5, 0.6) is 0 Å². The Hall–Kier alpha value is -1.16. The molecule has 1 atom stereocenters. The fourth-order valence-electron chi connectivity index (χ4n) is 2.39. The highest BCUT2D eigenvalue weighted by Crippen LogP contribution is 2.29. The summed E-state index contributed by atoms with van der Waals surface area (Å²) in [5.41, 5.74) is 5.37. The minimum Gasteiger partial charge on any atom is -0.384 e. The summed E-state index contributed by atoms with van der Waals surface area (Å²) in [6, 6.07) is 12.0. The van der Waals surface area contributed by atoms with Crippen LogP contribution in [0.2, 0.25) is 0 Å². The van der Waals surface area contributed by atoms with Crippen molar-refractivity contribution in [2.24, 2.45) is 0 Å². The number of aryl methyl sites for hydroxylation is 1. The molecule has 0 saturated heterocycles. The third-order valence-corrected chi connectivity index (χ3v) is 4.45. The van der Waals surface area contributed by atoms with Gasteiger partial charge in [-0.1, -0.05) is 46.3 Å². The van der Waals surface area contributed by atoms with Crippen molar-refractivity contribution in [2.75, 3.05) is 0 Å². The lowest BCUT2D eigenvalue weighted by Gasteiger charge is -2.14. The monoisotopic (exact) mass is 318 g/mol. The molecule has 2 aromatic rings. The van der Waals surface area contributed by atoms with Gasteiger partial charge in [-0.15, -0.1) is 0 Å². The van der Waals surface area contributed by atoms with E-state index in [-0.39, 0.29) is 0 Å². The van der Waals surface area contributed by atoms with Gasteiger partial charge < -0.3 is 9.84 Å². The van der Waals surface area contributed by atoms with E-state index >= 15 is 0 Å². The van der Waals surface area contributed by atoms with Crippen molar-refractivity contribution < 1.29 is 9.84 Å². The van der Waals surface area contributed by atoms with Crippen molar-refractivity contribution in [1.29, 1.82) is 0 Å². The quantitative estimate of drug-likeness (QED) is 0.910. The van der Waals surface area contributed by atoms with Gasteiger partial charge in [0.2, 0.25) is 0 Å². The van der Waals surface area contributed by atoms with E-state index in [4.69, 9.17) is 4.74 Å². The minimum absolute atomic E-state index is 0.585. The summed E-state index contributed by atoms with van der Waals surface area (Å²) in [7, 11) is 0. The number of fused-ring (bicyclic) bond motifs is 1. The fraction of sp³-hybridized carbons (Fsp3) is 0.250. The SMILES string of the molecule is Cc1cc(C(O)c2ccc3c(c2)COC3)ccc1Br. The number of hydrogen-bond acceptors (Lipinski definition) is 2. The van der Waals surface area contributed by atoms with E-state index in [1.807, 2.05) is 43.3 Å². The van der Waals surface area contributed by atoms with Crippen molar-refractivity contribution in [1.82, 2.24) is 0 Å². The first kappa shape index (κ1) is 12.9. The van der Waals surface area contributed by atoms with Crippen LogP contribution < -0.4 is 0 Å². The van der Waals surface area contributed by atoms with Gasteiger partial charge in [-0.05, 0) is 40.8 Å². The van der Waals surface area contributed by atoms with Gasteiger partial charge in [0.05, 0.1) is 13.2 Å². The first-order valence-electron chi connectivity index (χ1n) is 6.29. The van der Waals surface area contributed by atoms with Gasteiger partial charge in [0, 0.05) is 4.47 Å². The summed E-state index contributed by atoms with van der Waals surface area (Å²) < 4.78 is 6.46. The second kappa shape index (κ2) is 5.08. The number of aliphatic hydroxyl groups excluding tert-OH is 1. The average Bonchev–Trinajstić information content (AvgIpc) is 2.88. The van der Waals surface area contributed by atoms with Crippen LogP contribution in [0.3, 0.4) is 0 Å². The molecule has 0 saturated carbocycles. The van der Waals surface area contributed by atoms with Gasteiger partial charge in [0.25, 0.3) is 0 Å². The Morgan fingerprint density at radius 1 is 1.05 bits per heavy atom. The van der Waals surface area contributed by atoms with E-state index < -0.39 is 6.10 Å². The molecule has 0 spiro atoms. The summed E-state index contributed by atoms with van der Waals surface area (Å²) in [4.78, 5) is 0. The molecule has 0 fully saturated rings. The number of halogens is 1. The smallest absolute Gasteiger partial charge is 0.104 e. The van der Waals surface area contributed by atoms with Gasteiger partial charge in [0.15, 0.2) is 0 Å². The zero-order valence-corrected chi connectivity index (χ0v) is 12.3. The lowest BCUT2D eigenvalue weighted by atomic mass is 9.97. The molecule has 19 heavy (non-hydrogen) atoms. The van der Waals surface area contributed by atoms with Gasteiger partial charge in [-0.3, -0.25) is 0 Å². The van der Waals surface area contributed by atoms with Crippen LogP contribution in [0.25, 0.3) is 0 Å². The average molecular weight is 319 g/mol. The highest BCUT2D eigenvalue weighted by molar-refractivity contribution is 9.10. The normalized spacial score (nSPS) is 15.3. The Labute approximate surface area is 121 Å². The number of benzene rings is 2. The van der Waals surface area contributed by atoms with Crippen LogP contribution >= 0.6 is 15.9 Å². The molecule has 3 heteroatoms. The Bertz CT molecular complexity index is 622. The molecule has 0 aliphatic carbocycles. The number of hydrogen-bond donors (Lipinski definition) is 1. The number of aliphatic hydroxyl groups is 1. The van der Waals surface area contributed by atoms with Crippen molar-refractivity contribution >= 4 is 15.9 Å². The predicted molar refractivity (Wildman–Crippen MR) is 77.9 cm³/mol. The van der Waals surface area contributed by atoms with Crippen LogP contribution in [0.1, 0.15) is 33.9 Å². The maximum Gasteiger partial charge on any atom is 0.104 e. The van der Waals surface area contributed by atoms with E-state index in [9.17, 15) is 5.11 Å². The Morgan fingerprint density at radius 3 is 2.53 bits per heavy atom. The van der Waals surface area contributed by atoms with Crippen LogP contribution in [0.15, 0.2) is 40.9 Å². The predicted octanol–water partition coefficient (Wildman–Crippen LogP) is 3.87. The van der Waals surface area contributed by atoms with E-state index in [0.29, 0.717) is 13.2 Å². The van der Waals surface area contributed by atoms with E-state index in [1.54, 1.807) is 0 Å². The highest BCUT2D eigenvalue weighted by atomic mass is 79.9. The molecule has 1 aliphatic heterocycles. The molecule has 1 N–H and O–H groups in total. The zero-order chi connectivity index (χ0) is 13.4. The molecule has 1 aliphatic rings. The van der Waals surface area contributed by atoms with Crippen molar-refractivity contribution in [3.63, 3.8) is 0 Å². The largest absolute Gasteiger partial charge is 0.384 e. The zero-order valence-electron chi connectivity index (χ0n) is 10.7. The summed E-state index contributed by atoms with van der Waals surface area (Å²) in [6.07, 6.45) is -0.585. The second-order valence-corrected chi connectivity index (χ2v) is 5.79. The van der Waals surface area contributed by atoms with Crippen LogP contribution in [0.4, 0.5) is 0 Å². The number of ether oxygens (including phenoxy) is 1. The molecule has 0 radical (unpaired) electrons. The summed E-state index contributed by atoms with van der Waals surface area (Å²) in [5.74, 6) is 0. The van der Waals surface area contributed by atoms with Gasteiger partial charge in [-0.25, -0.2) is 0 Å². The molecule has 1 unspecified atom stereocenters. The third-order valence-electron chi connectivity index (χ3n) is 3.56. The molecule has 2 aromatic carbocycles. The molecule has 0 aromatic heterocycles.